The molecule has 4 aromatic carbocycles. The molecular weight excluding hydrogens is 865 g/mol. The van der Waals surface area contributed by atoms with Crippen LogP contribution in [0.3, 0.4) is 0 Å². The second-order valence-electron chi connectivity index (χ2n) is 16.8. The first-order chi connectivity index (χ1) is 33.4. The number of esters is 3. The lowest BCUT2D eigenvalue weighted by atomic mass is 9.97. The molecular formula is C57H48N6O6. The van der Waals surface area contributed by atoms with Gasteiger partial charge >= 0.3 is 17.9 Å². The summed E-state index contributed by atoms with van der Waals surface area (Å²) in [6.07, 6.45) is 6.71. The normalized spacial score (nSPS) is 12.0. The number of nitriles is 2. The van der Waals surface area contributed by atoms with E-state index in [4.69, 9.17) is 20.8 Å². The molecule has 3 unspecified atom stereocenters. The molecule has 0 N–H and O–H groups in total. The predicted octanol–water partition coefficient (Wildman–Crippen LogP) is 13.4. The second-order valence-corrected chi connectivity index (χ2v) is 16.8. The lowest BCUT2D eigenvalue weighted by molar-refractivity contribution is 0.0733. The van der Waals surface area contributed by atoms with Gasteiger partial charge in [0.15, 0.2) is 17.2 Å². The highest BCUT2D eigenvalue weighted by Gasteiger charge is 2.24. The van der Waals surface area contributed by atoms with Crippen LogP contribution in [-0.2, 0) is 0 Å². The number of hydrogen-bond donors (Lipinski definition) is 0. The van der Waals surface area contributed by atoms with Gasteiger partial charge in [0.05, 0.1) is 70.1 Å². The van der Waals surface area contributed by atoms with Crippen molar-refractivity contribution in [3.05, 3.63) is 184 Å². The number of carbonyl (C=O) groups excluding carboxylic acids is 3. The maximum Gasteiger partial charge on any atom is 0.343 e. The Labute approximate surface area is 401 Å². The van der Waals surface area contributed by atoms with Gasteiger partial charge < -0.3 is 14.2 Å². The van der Waals surface area contributed by atoms with Gasteiger partial charge in [0.1, 0.15) is 12.1 Å². The summed E-state index contributed by atoms with van der Waals surface area (Å²) in [6.45, 7) is 20.6. The molecule has 0 fully saturated rings. The molecule has 0 aliphatic carbocycles. The van der Waals surface area contributed by atoms with E-state index in [0.29, 0.717) is 34.8 Å². The minimum absolute atomic E-state index is 0.00701. The summed E-state index contributed by atoms with van der Waals surface area (Å²) in [5, 5.41) is 20.2. The van der Waals surface area contributed by atoms with E-state index in [9.17, 15) is 24.9 Å². The van der Waals surface area contributed by atoms with Crippen LogP contribution >= 0.6 is 0 Å². The lowest BCUT2D eigenvalue weighted by Gasteiger charge is -2.13. The van der Waals surface area contributed by atoms with Gasteiger partial charge in [-0.25, -0.2) is 19.2 Å². The van der Waals surface area contributed by atoms with Gasteiger partial charge in [-0.3, -0.25) is 15.0 Å². The smallest absolute Gasteiger partial charge is 0.343 e. The van der Waals surface area contributed by atoms with E-state index < -0.39 is 17.9 Å². The fraction of sp³-hybridized carbons (Fsp3) is 0.211. The third-order valence-electron chi connectivity index (χ3n) is 12.4. The Bertz CT molecular complexity index is 2830. The molecule has 7 aromatic rings. The molecule has 0 aliphatic rings. The number of hydrogen-bond acceptors (Lipinski definition) is 11. The summed E-state index contributed by atoms with van der Waals surface area (Å²) in [4.78, 5) is 58.8. The van der Waals surface area contributed by atoms with Crippen molar-refractivity contribution in [2.24, 2.45) is 0 Å². The first-order valence-corrected chi connectivity index (χ1v) is 22.7. The third-order valence-corrected chi connectivity index (χ3v) is 12.4. The third kappa shape index (κ3) is 11.1. The number of aromatic nitrogens is 3. The predicted molar refractivity (Wildman–Crippen MR) is 262 cm³/mol. The Morgan fingerprint density at radius 1 is 0.507 bits per heavy atom. The summed E-state index contributed by atoms with van der Waals surface area (Å²) in [5.74, 6) is -2.50. The molecule has 0 aliphatic heterocycles. The van der Waals surface area contributed by atoms with Crippen molar-refractivity contribution >= 4 is 23.6 Å². The molecule has 3 atom stereocenters. The van der Waals surface area contributed by atoms with Crippen LogP contribution in [0.2, 0.25) is 0 Å². The van der Waals surface area contributed by atoms with Crippen LogP contribution in [0.4, 0.5) is 5.69 Å². The van der Waals surface area contributed by atoms with E-state index in [-0.39, 0.29) is 50.8 Å². The average Bonchev–Trinajstić information content (AvgIpc) is 3.40. The van der Waals surface area contributed by atoms with Crippen LogP contribution in [0.15, 0.2) is 128 Å². The molecule has 69 heavy (non-hydrogen) atoms. The molecule has 3 aromatic heterocycles. The summed E-state index contributed by atoms with van der Waals surface area (Å²) in [7, 11) is 0. The summed E-state index contributed by atoms with van der Waals surface area (Å²) in [5.41, 5.74) is 6.37. The monoisotopic (exact) mass is 912 g/mol. The number of nitrogens with zero attached hydrogens (tertiary/aromatic N) is 6. The first kappa shape index (κ1) is 48.2. The Morgan fingerprint density at radius 2 is 0.812 bits per heavy atom. The van der Waals surface area contributed by atoms with Crippen LogP contribution in [0.25, 0.3) is 38.6 Å². The van der Waals surface area contributed by atoms with Crippen molar-refractivity contribution < 1.29 is 28.6 Å². The Morgan fingerprint density at radius 3 is 1.12 bits per heavy atom. The standard InChI is InChI=1S/C57H48N6O6/c1-8-34(4)37-11-17-40(18-12-37)48-26-46(29-58)52(31-61-48)67-55(64)43-23-44(56(65)68-53-32-62-49(27-47(53)30-59)41-19-13-38(14-20-41)35(5)9-2)25-45(24-43)57(66)69-54-33-63-50(28-51(54)60-7)42-21-15-39(16-22-42)36(6)10-3/h11-28,31-36H,8-10H2,1-6H3. The second kappa shape index (κ2) is 21.7. The van der Waals surface area contributed by atoms with E-state index >= 15 is 0 Å². The molecule has 0 saturated heterocycles. The number of carbonyl (C=O) groups is 3. The lowest BCUT2D eigenvalue weighted by Crippen LogP contribution is -2.17. The van der Waals surface area contributed by atoms with Crippen LogP contribution in [0.5, 0.6) is 17.2 Å². The van der Waals surface area contributed by atoms with Crippen molar-refractivity contribution in [2.75, 3.05) is 0 Å². The Kier molecular flexibility index (Phi) is 15.1. The summed E-state index contributed by atoms with van der Waals surface area (Å²) >= 11 is 0. The minimum Gasteiger partial charge on any atom is -0.433 e. The Balaban J connectivity index is 1.19. The zero-order chi connectivity index (χ0) is 49.2. The largest absolute Gasteiger partial charge is 0.433 e. The van der Waals surface area contributed by atoms with Gasteiger partial charge in [0.25, 0.3) is 0 Å². The molecule has 0 spiro atoms. The zero-order valence-corrected chi connectivity index (χ0v) is 39.1. The number of rotatable bonds is 15. The van der Waals surface area contributed by atoms with E-state index in [0.717, 1.165) is 54.2 Å². The van der Waals surface area contributed by atoms with E-state index in [1.807, 2.05) is 72.8 Å². The van der Waals surface area contributed by atoms with E-state index in [2.05, 4.69) is 73.5 Å². The van der Waals surface area contributed by atoms with Crippen molar-refractivity contribution in [3.8, 4) is 63.2 Å². The minimum atomic E-state index is -1.04. The Hall–Kier alpha value is -8.79. The van der Waals surface area contributed by atoms with Gasteiger partial charge in [-0.15, -0.1) is 0 Å². The SMILES string of the molecule is [C-]#[N+]c1cc(-c2ccc(C(C)CC)cc2)ncc1OC(=O)c1cc(C(=O)Oc2cnc(-c3ccc(C(C)CC)cc3)cc2C#N)cc(C(=O)Oc2cnc(-c3ccc(C(C)CC)cc3)cc2C#N)c1. The quantitative estimate of drug-likeness (QED) is 0.0708. The molecule has 12 nitrogen and oxygen atoms in total. The summed E-state index contributed by atoms with van der Waals surface area (Å²) in [6, 6.07) is 35.6. The molecule has 7 rings (SSSR count). The zero-order valence-electron chi connectivity index (χ0n) is 39.1. The van der Waals surface area contributed by atoms with Crippen LogP contribution in [0, 0.1) is 29.2 Å². The first-order valence-electron chi connectivity index (χ1n) is 22.7. The van der Waals surface area contributed by atoms with Crippen LogP contribution in [0.1, 0.15) is 137 Å². The van der Waals surface area contributed by atoms with Gasteiger partial charge in [0, 0.05) is 11.1 Å². The van der Waals surface area contributed by atoms with Crippen LogP contribution in [-0.4, -0.2) is 32.9 Å². The van der Waals surface area contributed by atoms with E-state index in [1.165, 1.54) is 53.5 Å². The molecule has 342 valence electrons. The van der Waals surface area contributed by atoms with Crippen molar-refractivity contribution in [3.63, 3.8) is 0 Å². The highest BCUT2D eigenvalue weighted by atomic mass is 16.5. The van der Waals surface area contributed by atoms with Gasteiger partial charge in [-0.1, -0.05) is 114 Å². The van der Waals surface area contributed by atoms with Crippen molar-refractivity contribution in [1.29, 1.82) is 10.5 Å². The van der Waals surface area contributed by atoms with E-state index in [1.54, 1.807) is 0 Å². The molecule has 0 amide bonds. The van der Waals surface area contributed by atoms with Gasteiger partial charge in [0.2, 0.25) is 5.69 Å². The topological polar surface area (TPSA) is 170 Å². The van der Waals surface area contributed by atoms with Gasteiger partial charge in [-0.2, -0.15) is 10.5 Å². The average molecular weight is 913 g/mol. The van der Waals surface area contributed by atoms with Crippen LogP contribution < -0.4 is 14.2 Å². The molecule has 3 heterocycles. The fourth-order valence-electron chi connectivity index (χ4n) is 7.41. The number of pyridine rings is 3. The molecule has 0 saturated carbocycles. The maximum absolute atomic E-state index is 14.0. The fourth-order valence-corrected chi connectivity index (χ4v) is 7.41. The number of benzene rings is 4. The molecule has 0 bridgehead atoms. The number of ether oxygens (including phenoxy) is 3. The highest BCUT2D eigenvalue weighted by Crippen LogP contribution is 2.34. The maximum atomic E-state index is 14.0. The van der Waals surface area contributed by atoms with Crippen molar-refractivity contribution in [2.45, 2.75) is 78.6 Å². The van der Waals surface area contributed by atoms with Crippen molar-refractivity contribution in [1.82, 2.24) is 15.0 Å². The van der Waals surface area contributed by atoms with Gasteiger partial charge in [-0.05, 0) is 95.7 Å². The molecule has 0 radical (unpaired) electrons. The molecule has 12 heteroatoms. The highest BCUT2D eigenvalue weighted by molar-refractivity contribution is 6.02. The summed E-state index contributed by atoms with van der Waals surface area (Å²) < 4.78 is 17.1.